The molecule has 0 unspecified atom stereocenters. The van der Waals surface area contributed by atoms with E-state index in [4.69, 9.17) is 15.2 Å². The molecule has 5 N–H and O–H groups in total. The molecular formula is C40H47N5O6. The van der Waals surface area contributed by atoms with Crippen molar-refractivity contribution >= 4 is 23.5 Å². The van der Waals surface area contributed by atoms with Crippen LogP contribution >= 0.6 is 0 Å². The number of rotatable bonds is 10. The maximum atomic E-state index is 13.6. The summed E-state index contributed by atoms with van der Waals surface area (Å²) >= 11 is 0. The molecule has 0 aliphatic heterocycles. The highest BCUT2D eigenvalue weighted by Gasteiger charge is 2.18. The van der Waals surface area contributed by atoms with Crippen molar-refractivity contribution in [3.63, 3.8) is 0 Å². The average molecular weight is 694 g/mol. The van der Waals surface area contributed by atoms with Crippen LogP contribution in [0.1, 0.15) is 71.6 Å². The largest absolute Gasteiger partial charge is 0.508 e. The highest BCUT2D eigenvalue weighted by atomic mass is 16.5. The van der Waals surface area contributed by atoms with Gasteiger partial charge in [0.2, 0.25) is 0 Å². The van der Waals surface area contributed by atoms with Crippen LogP contribution in [0, 0.1) is 26.2 Å². The lowest BCUT2D eigenvalue weighted by atomic mass is 9.92. The van der Waals surface area contributed by atoms with Gasteiger partial charge in [0.05, 0.1) is 29.6 Å². The minimum Gasteiger partial charge on any atom is -0.508 e. The average Bonchev–Trinajstić information content (AvgIpc) is 3.09. The van der Waals surface area contributed by atoms with Crippen LogP contribution in [-0.2, 0) is 24.3 Å². The summed E-state index contributed by atoms with van der Waals surface area (Å²) in [4.78, 5) is 43.6. The van der Waals surface area contributed by atoms with E-state index in [-0.39, 0.29) is 35.7 Å². The van der Waals surface area contributed by atoms with Gasteiger partial charge < -0.3 is 25.6 Å². The van der Waals surface area contributed by atoms with E-state index in [9.17, 15) is 19.5 Å². The minimum absolute atomic E-state index is 0.151. The molecule has 4 rings (SSSR count). The quantitative estimate of drug-likeness (QED) is 0.0807. The number of ether oxygens (including phenoxy) is 2. The number of phenolic OH excluding ortho intramolecular Hbond substituents is 1. The van der Waals surface area contributed by atoms with Crippen molar-refractivity contribution in [2.45, 2.75) is 68.0 Å². The number of nitrogens with one attached hydrogen (secondary N) is 2. The molecule has 0 spiro atoms. The Morgan fingerprint density at radius 2 is 1.69 bits per heavy atom. The second-order valence-electron chi connectivity index (χ2n) is 13.3. The maximum Gasteiger partial charge on any atom is 0.337 e. The van der Waals surface area contributed by atoms with Crippen molar-refractivity contribution < 1.29 is 24.2 Å². The third kappa shape index (κ3) is 9.45. The lowest BCUT2D eigenvalue weighted by molar-refractivity contribution is 0.0600. The number of carbonyl (C=O) groups excluding carboxylic acids is 2. The zero-order valence-electron chi connectivity index (χ0n) is 30.5. The molecule has 4 aromatic rings. The van der Waals surface area contributed by atoms with Crippen LogP contribution in [0.2, 0.25) is 0 Å². The summed E-state index contributed by atoms with van der Waals surface area (Å²) in [6.45, 7) is 13.5. The van der Waals surface area contributed by atoms with Crippen LogP contribution in [0.5, 0.6) is 11.5 Å². The van der Waals surface area contributed by atoms with Gasteiger partial charge in [-0.05, 0) is 79.8 Å². The number of carbonyl (C=O) groups is 2. The number of esters is 1. The Morgan fingerprint density at radius 1 is 0.980 bits per heavy atom. The van der Waals surface area contributed by atoms with Gasteiger partial charge in [-0.1, -0.05) is 58.0 Å². The SMILES string of the molecule is CCc1cc(N=C(C=C(N)C(C)(C)C)NC(=O)NCc2ccccc2COc2cc(C)n(-c3cc(C(=O)OC)ccc3C)c(=O)c2C)ccc1O. The van der Waals surface area contributed by atoms with Gasteiger partial charge in [0.1, 0.15) is 23.9 Å². The molecule has 0 saturated carbocycles. The van der Waals surface area contributed by atoms with Gasteiger partial charge in [0.25, 0.3) is 5.56 Å². The Morgan fingerprint density at radius 3 is 2.35 bits per heavy atom. The first-order valence-corrected chi connectivity index (χ1v) is 16.7. The predicted molar refractivity (Wildman–Crippen MR) is 200 cm³/mol. The summed E-state index contributed by atoms with van der Waals surface area (Å²) < 4.78 is 12.6. The monoisotopic (exact) mass is 693 g/mol. The van der Waals surface area contributed by atoms with Crippen LogP contribution in [-0.4, -0.2) is 34.6 Å². The van der Waals surface area contributed by atoms with Gasteiger partial charge in [-0.15, -0.1) is 0 Å². The van der Waals surface area contributed by atoms with Crippen LogP contribution in [0.15, 0.2) is 88.3 Å². The molecule has 268 valence electrons. The number of nitrogens with two attached hydrogens (primary N) is 1. The van der Waals surface area contributed by atoms with Crippen molar-refractivity contribution in [3.8, 4) is 17.2 Å². The van der Waals surface area contributed by atoms with Crippen molar-refractivity contribution in [2.75, 3.05) is 7.11 Å². The van der Waals surface area contributed by atoms with Gasteiger partial charge in [0.15, 0.2) is 0 Å². The number of urea groups is 1. The Balaban J connectivity index is 1.52. The number of amides is 2. The molecule has 2 amide bonds. The standard InChI is InChI=1S/C40H47N5O6/c1-9-27-19-31(16-17-33(27)46)43-36(21-35(41)40(5,6)7)44-39(49)42-22-29-12-10-11-13-30(29)23-51-34-18-25(3)45(37(47)26(34)4)32-20-28(38(48)50-8)15-14-24(32)2/h10-21,46H,9,22-23,41H2,1-8H3,(H2,42,43,44,49). The van der Waals surface area contributed by atoms with Crippen molar-refractivity contribution in [2.24, 2.45) is 16.1 Å². The number of amidine groups is 1. The number of nitrogens with zero attached hydrogens (tertiary/aromatic N) is 2. The normalized spacial score (nSPS) is 12.0. The highest BCUT2D eigenvalue weighted by molar-refractivity contribution is 6.05. The fraction of sp³-hybridized carbons (Fsp3) is 0.300. The number of hydrogen-bond donors (Lipinski definition) is 4. The number of methoxy groups -OCH3 is 1. The van der Waals surface area contributed by atoms with Gasteiger partial charge in [0, 0.05) is 35.5 Å². The molecule has 0 atom stereocenters. The Bertz CT molecular complexity index is 2060. The van der Waals surface area contributed by atoms with Crippen LogP contribution in [0.3, 0.4) is 0 Å². The fourth-order valence-electron chi connectivity index (χ4n) is 5.23. The molecule has 11 heteroatoms. The predicted octanol–water partition coefficient (Wildman–Crippen LogP) is 6.81. The third-order valence-corrected chi connectivity index (χ3v) is 8.49. The maximum absolute atomic E-state index is 13.6. The molecule has 1 aromatic heterocycles. The number of benzene rings is 3. The van der Waals surface area contributed by atoms with E-state index in [0.717, 1.165) is 22.3 Å². The van der Waals surface area contributed by atoms with Gasteiger partial charge in [-0.2, -0.15) is 0 Å². The number of allylic oxidation sites excluding steroid dienone is 1. The lowest BCUT2D eigenvalue weighted by Gasteiger charge is -2.19. The molecule has 0 fully saturated rings. The number of phenols is 1. The second kappa shape index (κ2) is 16.2. The molecular weight excluding hydrogens is 646 g/mol. The van der Waals surface area contributed by atoms with Crippen LogP contribution in [0.4, 0.5) is 10.5 Å². The molecule has 3 aromatic carbocycles. The van der Waals surface area contributed by atoms with Crippen LogP contribution in [0.25, 0.3) is 5.69 Å². The summed E-state index contributed by atoms with van der Waals surface area (Å²) in [5.41, 5.74) is 12.0. The van der Waals surface area contributed by atoms with Gasteiger partial charge in [-0.25, -0.2) is 14.6 Å². The number of aryl methyl sites for hydroxylation is 3. The summed E-state index contributed by atoms with van der Waals surface area (Å²) in [7, 11) is 1.31. The summed E-state index contributed by atoms with van der Waals surface area (Å²) in [6, 6.07) is 18.9. The van der Waals surface area contributed by atoms with E-state index in [1.807, 2.05) is 58.9 Å². The number of aromatic hydroxyl groups is 1. The van der Waals surface area contributed by atoms with Crippen molar-refractivity contribution in [3.05, 3.63) is 128 Å². The van der Waals surface area contributed by atoms with E-state index in [0.29, 0.717) is 46.1 Å². The molecule has 0 aliphatic carbocycles. The van der Waals surface area contributed by atoms with Crippen molar-refractivity contribution in [1.82, 2.24) is 15.2 Å². The molecule has 0 bridgehead atoms. The number of aromatic nitrogens is 1. The topological polar surface area (TPSA) is 157 Å². The molecule has 0 saturated heterocycles. The smallest absolute Gasteiger partial charge is 0.337 e. The fourth-order valence-corrected chi connectivity index (χ4v) is 5.23. The Hall–Kier alpha value is -5.84. The molecule has 1 heterocycles. The number of hydrogen-bond acceptors (Lipinski definition) is 8. The van der Waals surface area contributed by atoms with Crippen molar-refractivity contribution in [1.29, 1.82) is 0 Å². The summed E-state index contributed by atoms with van der Waals surface area (Å²) in [5, 5.41) is 15.8. The first kappa shape index (κ1) is 38.0. The highest BCUT2D eigenvalue weighted by Crippen LogP contribution is 2.26. The lowest BCUT2D eigenvalue weighted by Crippen LogP contribution is -2.39. The van der Waals surface area contributed by atoms with E-state index in [2.05, 4.69) is 15.6 Å². The summed E-state index contributed by atoms with van der Waals surface area (Å²) in [5.74, 6) is 0.376. The molecule has 0 radical (unpaired) electrons. The first-order chi connectivity index (χ1) is 24.1. The van der Waals surface area contributed by atoms with E-state index >= 15 is 0 Å². The zero-order valence-corrected chi connectivity index (χ0v) is 30.5. The molecule has 0 aliphatic rings. The van der Waals surface area contributed by atoms with Crippen LogP contribution < -0.4 is 26.7 Å². The molecule has 51 heavy (non-hydrogen) atoms. The summed E-state index contributed by atoms with van der Waals surface area (Å²) in [6.07, 6.45) is 2.25. The van der Waals surface area contributed by atoms with E-state index < -0.39 is 12.0 Å². The first-order valence-electron chi connectivity index (χ1n) is 16.7. The van der Waals surface area contributed by atoms with Gasteiger partial charge in [-0.3, -0.25) is 14.7 Å². The Labute approximate surface area is 298 Å². The van der Waals surface area contributed by atoms with Gasteiger partial charge >= 0.3 is 12.0 Å². The van der Waals surface area contributed by atoms with E-state index in [1.165, 1.54) is 7.11 Å². The third-order valence-electron chi connectivity index (χ3n) is 8.49. The second-order valence-corrected chi connectivity index (χ2v) is 13.3. The molecule has 11 nitrogen and oxygen atoms in total. The zero-order chi connectivity index (χ0) is 37.5. The number of pyridine rings is 1. The number of aliphatic imine (C=N–C) groups is 1. The minimum atomic E-state index is -0.487. The van der Waals surface area contributed by atoms with E-state index in [1.54, 1.807) is 67.0 Å². The Kier molecular flexibility index (Phi) is 12.1.